The molecular weight excluding hydrogens is 328 g/mol. The lowest BCUT2D eigenvalue weighted by molar-refractivity contribution is 0.141. The molecule has 6 nitrogen and oxygen atoms in total. The Hall–Kier alpha value is -2.76. The second kappa shape index (κ2) is 8.56. The minimum absolute atomic E-state index is 0.480. The third-order valence-electron chi connectivity index (χ3n) is 4.33. The molecule has 1 aliphatic rings. The zero-order chi connectivity index (χ0) is 18.4. The average Bonchev–Trinajstić information content (AvgIpc) is 2.67. The van der Waals surface area contributed by atoms with Gasteiger partial charge in [0.15, 0.2) is 0 Å². The Morgan fingerprint density at radius 3 is 2.88 bits per heavy atom. The first-order valence-electron chi connectivity index (χ1n) is 8.92. The highest BCUT2D eigenvalue weighted by molar-refractivity contribution is 6.00. The lowest BCUT2D eigenvalue weighted by Crippen LogP contribution is -2.15. The van der Waals surface area contributed by atoms with Crippen LogP contribution in [-0.2, 0) is 17.7 Å². The van der Waals surface area contributed by atoms with Crippen LogP contribution in [0.1, 0.15) is 48.8 Å². The first-order chi connectivity index (χ1) is 12.7. The summed E-state index contributed by atoms with van der Waals surface area (Å²) in [6.07, 6.45) is 4.56. The highest BCUT2D eigenvalue weighted by Gasteiger charge is 2.18. The van der Waals surface area contributed by atoms with Crippen LogP contribution in [0.15, 0.2) is 35.5 Å². The van der Waals surface area contributed by atoms with Crippen LogP contribution in [0.3, 0.4) is 0 Å². The first-order valence-corrected chi connectivity index (χ1v) is 8.92. The molecule has 0 amide bonds. The van der Waals surface area contributed by atoms with Crippen LogP contribution < -0.4 is 4.74 Å². The van der Waals surface area contributed by atoms with Crippen LogP contribution in [0.5, 0.6) is 5.88 Å². The van der Waals surface area contributed by atoms with E-state index < -0.39 is 0 Å². The maximum Gasteiger partial charge on any atom is 0.213 e. The van der Waals surface area contributed by atoms with Crippen LogP contribution in [0.2, 0.25) is 0 Å². The number of nitrogens with one attached hydrogen (secondary N) is 1. The molecule has 0 atom stereocenters. The number of oxime groups is 1. The van der Waals surface area contributed by atoms with Crippen molar-refractivity contribution in [3.8, 4) is 5.88 Å². The van der Waals surface area contributed by atoms with Crippen molar-refractivity contribution >= 4 is 11.4 Å². The monoisotopic (exact) mass is 352 g/mol. The predicted molar refractivity (Wildman–Crippen MR) is 101 cm³/mol. The summed E-state index contributed by atoms with van der Waals surface area (Å²) in [5.74, 6) is 0.603. The molecule has 2 aromatic heterocycles. The van der Waals surface area contributed by atoms with Crippen molar-refractivity contribution in [1.29, 1.82) is 5.41 Å². The van der Waals surface area contributed by atoms with E-state index in [0.29, 0.717) is 18.2 Å². The van der Waals surface area contributed by atoms with Crippen molar-refractivity contribution in [3.63, 3.8) is 0 Å². The standard InChI is InChI=1S/C20H24N4O2/c1-14(21)17-9-4-7-16(22-17)8-5-13-26-24-18-10-3-6-15-11-12-19(25-2)23-20(15)18/h4,7,9,11-12,21H,3,5-6,8,10,13H2,1-2H3/b21-14?,24-18+. The zero-order valence-electron chi connectivity index (χ0n) is 15.3. The number of nitrogens with zero attached hydrogens (tertiary/aromatic N) is 3. The number of fused-ring (bicyclic) bond motifs is 1. The number of rotatable bonds is 7. The van der Waals surface area contributed by atoms with Gasteiger partial charge in [-0.2, -0.15) is 0 Å². The second-order valence-corrected chi connectivity index (χ2v) is 6.33. The number of hydrogen-bond donors (Lipinski definition) is 1. The SMILES string of the molecule is COc1ccc2c(n1)/C(=N/OCCCc1cccc(C(C)=N)n1)CCC2. The van der Waals surface area contributed by atoms with E-state index in [-0.39, 0.29) is 0 Å². The number of pyridine rings is 2. The maximum absolute atomic E-state index is 7.66. The Morgan fingerprint density at radius 1 is 1.19 bits per heavy atom. The number of aryl methyl sites for hydroxylation is 2. The molecule has 1 N–H and O–H groups in total. The van der Waals surface area contributed by atoms with Crippen LogP contribution in [0.25, 0.3) is 0 Å². The fourth-order valence-corrected chi connectivity index (χ4v) is 2.96. The molecule has 0 aliphatic heterocycles. The molecule has 0 spiro atoms. The van der Waals surface area contributed by atoms with Gasteiger partial charge in [0.1, 0.15) is 12.3 Å². The molecule has 0 radical (unpaired) electrons. The summed E-state index contributed by atoms with van der Waals surface area (Å²) >= 11 is 0. The number of ether oxygens (including phenoxy) is 1. The quantitative estimate of drug-likeness (QED) is 0.469. The Kier molecular flexibility index (Phi) is 5.94. The van der Waals surface area contributed by atoms with Gasteiger partial charge >= 0.3 is 0 Å². The minimum atomic E-state index is 0.480. The minimum Gasteiger partial charge on any atom is -0.481 e. The van der Waals surface area contributed by atoms with Crippen LogP contribution in [0.4, 0.5) is 0 Å². The van der Waals surface area contributed by atoms with Gasteiger partial charge in [-0.05, 0) is 56.7 Å². The van der Waals surface area contributed by atoms with Crippen LogP contribution in [-0.4, -0.2) is 35.1 Å². The molecule has 1 aliphatic carbocycles. The van der Waals surface area contributed by atoms with E-state index in [1.54, 1.807) is 14.0 Å². The molecule has 136 valence electrons. The fourth-order valence-electron chi connectivity index (χ4n) is 2.96. The molecular formula is C20H24N4O2. The van der Waals surface area contributed by atoms with Crippen molar-refractivity contribution < 1.29 is 9.57 Å². The van der Waals surface area contributed by atoms with Gasteiger partial charge in [-0.3, -0.25) is 4.98 Å². The Bertz CT molecular complexity index is 817. The third kappa shape index (κ3) is 4.45. The normalized spacial score (nSPS) is 14.8. The molecule has 0 bridgehead atoms. The number of methoxy groups -OCH3 is 1. The summed E-state index contributed by atoms with van der Waals surface area (Å²) in [6, 6.07) is 9.72. The summed E-state index contributed by atoms with van der Waals surface area (Å²) in [7, 11) is 1.62. The first kappa shape index (κ1) is 18.0. The van der Waals surface area contributed by atoms with Gasteiger partial charge < -0.3 is 15.0 Å². The zero-order valence-corrected chi connectivity index (χ0v) is 15.3. The van der Waals surface area contributed by atoms with E-state index in [9.17, 15) is 0 Å². The van der Waals surface area contributed by atoms with Gasteiger partial charge in [0.25, 0.3) is 0 Å². The van der Waals surface area contributed by atoms with E-state index in [4.69, 9.17) is 15.0 Å². The summed E-state index contributed by atoms with van der Waals surface area (Å²) < 4.78 is 5.22. The highest BCUT2D eigenvalue weighted by atomic mass is 16.6. The van der Waals surface area contributed by atoms with Gasteiger partial charge in [-0.1, -0.05) is 17.3 Å². The largest absolute Gasteiger partial charge is 0.481 e. The van der Waals surface area contributed by atoms with Crippen LogP contribution >= 0.6 is 0 Å². The molecule has 0 fully saturated rings. The van der Waals surface area contributed by atoms with Gasteiger partial charge in [-0.15, -0.1) is 0 Å². The third-order valence-corrected chi connectivity index (χ3v) is 4.33. The predicted octanol–water partition coefficient (Wildman–Crippen LogP) is 3.56. The molecule has 2 aromatic rings. The Labute approximate surface area is 153 Å². The van der Waals surface area contributed by atoms with E-state index in [0.717, 1.165) is 54.9 Å². The summed E-state index contributed by atoms with van der Waals surface area (Å²) in [4.78, 5) is 14.5. The molecule has 2 heterocycles. The Morgan fingerprint density at radius 2 is 2.08 bits per heavy atom. The maximum atomic E-state index is 7.66. The summed E-state index contributed by atoms with van der Waals surface area (Å²) in [5.41, 5.74) is 5.16. The Balaban J connectivity index is 1.55. The van der Waals surface area contributed by atoms with E-state index in [1.807, 2.05) is 24.3 Å². The van der Waals surface area contributed by atoms with Crippen molar-refractivity contribution in [2.45, 2.75) is 39.0 Å². The lowest BCUT2D eigenvalue weighted by Gasteiger charge is -2.17. The summed E-state index contributed by atoms with van der Waals surface area (Å²) in [5, 5.41) is 12.0. The van der Waals surface area contributed by atoms with Crippen molar-refractivity contribution in [2.75, 3.05) is 13.7 Å². The molecule has 0 aromatic carbocycles. The van der Waals surface area contributed by atoms with Gasteiger partial charge in [0.05, 0.1) is 24.2 Å². The van der Waals surface area contributed by atoms with E-state index in [1.165, 1.54) is 5.56 Å². The molecule has 0 unspecified atom stereocenters. The summed E-state index contributed by atoms with van der Waals surface area (Å²) in [6.45, 7) is 2.27. The van der Waals surface area contributed by atoms with Crippen molar-refractivity contribution in [3.05, 3.63) is 53.0 Å². The van der Waals surface area contributed by atoms with Crippen LogP contribution in [0, 0.1) is 5.41 Å². The smallest absolute Gasteiger partial charge is 0.213 e. The lowest BCUT2D eigenvalue weighted by atomic mass is 9.94. The number of aromatic nitrogens is 2. The van der Waals surface area contributed by atoms with Crippen molar-refractivity contribution in [1.82, 2.24) is 9.97 Å². The molecule has 6 heteroatoms. The average molecular weight is 352 g/mol. The molecule has 0 saturated carbocycles. The fraction of sp³-hybridized carbons (Fsp3) is 0.400. The van der Waals surface area contributed by atoms with E-state index in [2.05, 4.69) is 21.2 Å². The second-order valence-electron chi connectivity index (χ2n) is 6.33. The highest BCUT2D eigenvalue weighted by Crippen LogP contribution is 2.23. The molecule has 26 heavy (non-hydrogen) atoms. The van der Waals surface area contributed by atoms with Gasteiger partial charge in [-0.25, -0.2) is 4.98 Å². The van der Waals surface area contributed by atoms with Crippen molar-refractivity contribution in [2.24, 2.45) is 5.16 Å². The molecule has 0 saturated heterocycles. The topological polar surface area (TPSA) is 80.5 Å². The van der Waals surface area contributed by atoms with Gasteiger partial charge in [0.2, 0.25) is 5.88 Å². The van der Waals surface area contributed by atoms with Gasteiger partial charge in [0, 0.05) is 11.8 Å². The van der Waals surface area contributed by atoms with E-state index >= 15 is 0 Å². The molecule has 3 rings (SSSR count). The number of hydrogen-bond acceptors (Lipinski definition) is 6.